The predicted molar refractivity (Wildman–Crippen MR) is 80.8 cm³/mol. The molecular formula is C16H17N3O3. The maximum atomic E-state index is 12.0. The summed E-state index contributed by atoms with van der Waals surface area (Å²) in [7, 11) is 3.17. The first-order chi connectivity index (χ1) is 10.5. The van der Waals surface area contributed by atoms with Gasteiger partial charge in [-0.3, -0.25) is 9.48 Å². The second-order valence-corrected chi connectivity index (χ2v) is 5.39. The summed E-state index contributed by atoms with van der Waals surface area (Å²) in [6, 6.07) is 7.18. The molecule has 114 valence electrons. The first-order valence-electron chi connectivity index (χ1n) is 7.03. The first-order valence-corrected chi connectivity index (χ1v) is 7.03. The molecule has 22 heavy (non-hydrogen) atoms. The van der Waals surface area contributed by atoms with E-state index in [9.17, 15) is 9.59 Å². The van der Waals surface area contributed by atoms with Crippen molar-refractivity contribution in [2.24, 2.45) is 7.05 Å². The lowest BCUT2D eigenvalue weighted by Crippen LogP contribution is -2.24. The molecule has 6 heteroatoms. The number of methoxy groups -OCH3 is 1. The lowest BCUT2D eigenvalue weighted by molar-refractivity contribution is -0.116. The molecule has 2 aromatic rings. The van der Waals surface area contributed by atoms with Crippen LogP contribution in [-0.4, -0.2) is 28.8 Å². The molecule has 0 bridgehead atoms. The van der Waals surface area contributed by atoms with Gasteiger partial charge in [-0.25, -0.2) is 4.79 Å². The highest BCUT2D eigenvalue weighted by molar-refractivity contribution is 5.94. The van der Waals surface area contributed by atoms with Gasteiger partial charge in [-0.1, -0.05) is 12.1 Å². The minimum Gasteiger partial charge on any atom is -0.465 e. The Morgan fingerprint density at radius 3 is 2.68 bits per heavy atom. The van der Waals surface area contributed by atoms with Crippen molar-refractivity contribution in [3.8, 4) is 0 Å². The summed E-state index contributed by atoms with van der Waals surface area (Å²) in [6.45, 7) is 1.94. The molecule has 3 rings (SSSR count). The topological polar surface area (TPSA) is 73.2 Å². The highest BCUT2D eigenvalue weighted by Gasteiger charge is 2.31. The molecular weight excluding hydrogens is 282 g/mol. The number of aromatic nitrogens is 2. The van der Waals surface area contributed by atoms with Gasteiger partial charge in [0, 0.05) is 24.9 Å². The van der Waals surface area contributed by atoms with E-state index in [1.807, 2.05) is 26.1 Å². The summed E-state index contributed by atoms with van der Waals surface area (Å²) in [5, 5.41) is 7.26. The van der Waals surface area contributed by atoms with Crippen LogP contribution in [-0.2, 0) is 16.6 Å². The van der Waals surface area contributed by atoms with Crippen LogP contribution in [0.2, 0.25) is 0 Å². The number of fused-ring (bicyclic) bond motifs is 1. The van der Waals surface area contributed by atoms with Gasteiger partial charge in [-0.2, -0.15) is 5.10 Å². The van der Waals surface area contributed by atoms with Crippen LogP contribution in [0.25, 0.3) is 0 Å². The van der Waals surface area contributed by atoms with Crippen LogP contribution in [0.4, 0.5) is 5.82 Å². The fraction of sp³-hybridized carbons (Fsp3) is 0.312. The SMILES string of the molecule is COC(=O)c1ccc(C2CC(=O)Nc3c2c(C)nn3C)cc1. The smallest absolute Gasteiger partial charge is 0.337 e. The monoisotopic (exact) mass is 299 g/mol. The van der Waals surface area contributed by atoms with Crippen molar-refractivity contribution >= 4 is 17.7 Å². The van der Waals surface area contributed by atoms with E-state index in [0.29, 0.717) is 12.0 Å². The fourth-order valence-corrected chi connectivity index (χ4v) is 2.96. The fourth-order valence-electron chi connectivity index (χ4n) is 2.96. The van der Waals surface area contributed by atoms with Gasteiger partial charge in [0.05, 0.1) is 18.4 Å². The van der Waals surface area contributed by atoms with Crippen LogP contribution in [0, 0.1) is 6.92 Å². The largest absolute Gasteiger partial charge is 0.465 e. The lowest BCUT2D eigenvalue weighted by atomic mass is 9.85. The van der Waals surface area contributed by atoms with Gasteiger partial charge in [0.1, 0.15) is 5.82 Å². The van der Waals surface area contributed by atoms with Crippen LogP contribution in [0.5, 0.6) is 0 Å². The van der Waals surface area contributed by atoms with Crippen LogP contribution < -0.4 is 5.32 Å². The minimum atomic E-state index is -0.369. The number of nitrogens with one attached hydrogen (secondary N) is 1. The van der Waals surface area contributed by atoms with E-state index in [-0.39, 0.29) is 17.8 Å². The number of benzene rings is 1. The van der Waals surface area contributed by atoms with E-state index in [2.05, 4.69) is 10.4 Å². The molecule has 1 N–H and O–H groups in total. The molecule has 1 aliphatic rings. The number of rotatable bonds is 2. The zero-order valence-corrected chi connectivity index (χ0v) is 12.7. The minimum absolute atomic E-state index is 0.0301. The van der Waals surface area contributed by atoms with Gasteiger partial charge in [-0.15, -0.1) is 0 Å². The van der Waals surface area contributed by atoms with Gasteiger partial charge >= 0.3 is 5.97 Å². The normalized spacial score (nSPS) is 16.9. The molecule has 1 aliphatic heterocycles. The molecule has 6 nitrogen and oxygen atoms in total. The predicted octanol–water partition coefficient (Wildman–Crippen LogP) is 1.99. The van der Waals surface area contributed by atoms with Gasteiger partial charge in [0.15, 0.2) is 0 Å². The van der Waals surface area contributed by atoms with Crippen molar-refractivity contribution < 1.29 is 14.3 Å². The van der Waals surface area contributed by atoms with Crippen molar-refractivity contribution in [2.45, 2.75) is 19.3 Å². The molecule has 0 saturated heterocycles. The third kappa shape index (κ3) is 2.26. The van der Waals surface area contributed by atoms with Crippen LogP contribution in [0.1, 0.15) is 39.5 Å². The Morgan fingerprint density at radius 2 is 2.05 bits per heavy atom. The molecule has 1 amide bonds. The number of carbonyl (C=O) groups is 2. The Balaban J connectivity index is 2.02. The average Bonchev–Trinajstić information content (AvgIpc) is 2.80. The van der Waals surface area contributed by atoms with E-state index in [4.69, 9.17) is 4.74 Å². The second-order valence-electron chi connectivity index (χ2n) is 5.39. The molecule has 1 atom stereocenters. The number of amides is 1. The lowest BCUT2D eigenvalue weighted by Gasteiger charge is -2.24. The second kappa shape index (κ2) is 5.29. The van der Waals surface area contributed by atoms with E-state index in [0.717, 1.165) is 22.6 Å². The highest BCUT2D eigenvalue weighted by Crippen LogP contribution is 2.38. The van der Waals surface area contributed by atoms with Gasteiger partial charge in [0.2, 0.25) is 5.91 Å². The van der Waals surface area contributed by atoms with Crippen molar-refractivity contribution in [2.75, 3.05) is 12.4 Å². The Morgan fingerprint density at radius 1 is 1.36 bits per heavy atom. The summed E-state index contributed by atoms with van der Waals surface area (Å²) in [5.41, 5.74) is 3.42. The molecule has 2 heterocycles. The number of carbonyl (C=O) groups excluding carboxylic acids is 2. The van der Waals surface area contributed by atoms with Gasteiger partial charge in [-0.05, 0) is 24.6 Å². The summed E-state index contributed by atoms with van der Waals surface area (Å²) in [6.07, 6.45) is 0.372. The Bertz CT molecular complexity index is 747. The zero-order chi connectivity index (χ0) is 15.9. The Hall–Kier alpha value is -2.63. The quantitative estimate of drug-likeness (QED) is 0.861. The van der Waals surface area contributed by atoms with E-state index >= 15 is 0 Å². The van der Waals surface area contributed by atoms with E-state index < -0.39 is 0 Å². The molecule has 0 spiro atoms. The van der Waals surface area contributed by atoms with Crippen molar-refractivity contribution in [1.82, 2.24) is 9.78 Å². The zero-order valence-electron chi connectivity index (χ0n) is 12.7. The van der Waals surface area contributed by atoms with Crippen LogP contribution in [0.3, 0.4) is 0 Å². The van der Waals surface area contributed by atoms with E-state index in [1.54, 1.807) is 16.8 Å². The molecule has 0 aliphatic carbocycles. The molecule has 0 radical (unpaired) electrons. The van der Waals surface area contributed by atoms with Crippen molar-refractivity contribution in [3.63, 3.8) is 0 Å². The number of ether oxygens (including phenoxy) is 1. The number of hydrogen-bond acceptors (Lipinski definition) is 4. The van der Waals surface area contributed by atoms with E-state index in [1.165, 1.54) is 7.11 Å². The number of hydrogen-bond donors (Lipinski definition) is 1. The van der Waals surface area contributed by atoms with Crippen molar-refractivity contribution in [1.29, 1.82) is 0 Å². The summed E-state index contributed by atoms with van der Waals surface area (Å²) >= 11 is 0. The van der Waals surface area contributed by atoms with Crippen LogP contribution >= 0.6 is 0 Å². The maximum absolute atomic E-state index is 12.0. The molecule has 0 saturated carbocycles. The Labute approximate surface area is 128 Å². The maximum Gasteiger partial charge on any atom is 0.337 e. The summed E-state index contributed by atoms with van der Waals surface area (Å²) in [5.74, 6) is 0.295. The first kappa shape index (κ1) is 14.3. The number of nitrogens with zero attached hydrogens (tertiary/aromatic N) is 2. The highest BCUT2D eigenvalue weighted by atomic mass is 16.5. The molecule has 1 unspecified atom stereocenters. The standard InChI is InChI=1S/C16H17N3O3/c1-9-14-12(8-13(20)17-15(14)19(2)18-9)10-4-6-11(7-5-10)16(21)22-3/h4-7,12H,8H2,1-3H3,(H,17,20). The molecule has 1 aromatic carbocycles. The summed E-state index contributed by atoms with van der Waals surface area (Å²) in [4.78, 5) is 23.5. The van der Waals surface area contributed by atoms with Crippen LogP contribution in [0.15, 0.2) is 24.3 Å². The molecule has 1 aromatic heterocycles. The average molecular weight is 299 g/mol. The third-order valence-electron chi connectivity index (χ3n) is 4.00. The number of anilines is 1. The van der Waals surface area contributed by atoms with Gasteiger partial charge < -0.3 is 10.1 Å². The van der Waals surface area contributed by atoms with Gasteiger partial charge in [0.25, 0.3) is 0 Å². The summed E-state index contributed by atoms with van der Waals surface area (Å²) < 4.78 is 6.39. The Kier molecular flexibility index (Phi) is 3.44. The number of esters is 1. The third-order valence-corrected chi connectivity index (χ3v) is 4.00. The molecule has 0 fully saturated rings. The number of aryl methyl sites for hydroxylation is 2. The van der Waals surface area contributed by atoms with Crippen molar-refractivity contribution in [3.05, 3.63) is 46.6 Å².